The van der Waals surface area contributed by atoms with Gasteiger partial charge < -0.3 is 10.1 Å². The first kappa shape index (κ1) is 15.1. The number of carbonyl (C=O) groups is 1. The van der Waals surface area contributed by atoms with Gasteiger partial charge in [-0.25, -0.2) is 0 Å². The van der Waals surface area contributed by atoms with E-state index in [1.807, 2.05) is 27.1 Å². The van der Waals surface area contributed by atoms with Gasteiger partial charge in [0.1, 0.15) is 22.8 Å². The average Bonchev–Trinajstić information content (AvgIpc) is 3.09. The van der Waals surface area contributed by atoms with Gasteiger partial charge in [0.25, 0.3) is 0 Å². The summed E-state index contributed by atoms with van der Waals surface area (Å²) < 4.78 is 8.53. The van der Waals surface area contributed by atoms with E-state index < -0.39 is 6.04 Å². The summed E-state index contributed by atoms with van der Waals surface area (Å²) in [4.78, 5) is 12.4. The third-order valence-corrected chi connectivity index (χ3v) is 3.84. The molecule has 7 nitrogen and oxygen atoms in total. The number of methoxy groups -OCH3 is 1. The van der Waals surface area contributed by atoms with Gasteiger partial charge in [0.15, 0.2) is 0 Å². The molecule has 0 aliphatic rings. The monoisotopic (exact) mass is 313 g/mol. The number of carbonyl (C=O) groups excluding carboxylic acids is 1. The minimum Gasteiger partial charge on any atom is -0.497 e. The summed E-state index contributed by atoms with van der Waals surface area (Å²) in [6.45, 7) is 3.72. The molecule has 0 fully saturated rings. The van der Waals surface area contributed by atoms with Gasteiger partial charge in [0.2, 0.25) is 5.91 Å². The normalized spacial score (nSPS) is 12.3. The third-order valence-electron chi connectivity index (χ3n) is 3.84. The van der Waals surface area contributed by atoms with Crippen molar-refractivity contribution in [2.24, 2.45) is 7.05 Å². The quantitative estimate of drug-likeness (QED) is 0.802. The highest BCUT2D eigenvalue weighted by molar-refractivity contribution is 5.93. The Morgan fingerprint density at radius 1 is 1.26 bits per heavy atom. The van der Waals surface area contributed by atoms with Gasteiger partial charge in [-0.15, -0.1) is 0 Å². The van der Waals surface area contributed by atoms with Gasteiger partial charge in [0, 0.05) is 12.7 Å². The Morgan fingerprint density at radius 2 is 1.96 bits per heavy atom. The second-order valence-corrected chi connectivity index (χ2v) is 5.45. The number of fused-ring (bicyclic) bond motifs is 1. The fraction of sp³-hybridized carbons (Fsp3) is 0.312. The van der Waals surface area contributed by atoms with E-state index in [4.69, 9.17) is 4.74 Å². The summed E-state index contributed by atoms with van der Waals surface area (Å²) in [5, 5.41) is 11.7. The SMILES string of the molecule is COc1ccc(NC(=O)[C@H](C)n2cc3c(n2)c(C)nn3C)cc1. The molecule has 120 valence electrons. The molecular formula is C16H19N5O2. The molecule has 0 saturated carbocycles. The maximum Gasteiger partial charge on any atom is 0.248 e. The zero-order chi connectivity index (χ0) is 16.6. The molecule has 0 saturated heterocycles. The molecule has 1 amide bonds. The largest absolute Gasteiger partial charge is 0.497 e. The molecule has 0 unspecified atom stereocenters. The molecule has 1 atom stereocenters. The summed E-state index contributed by atoms with van der Waals surface area (Å²) in [7, 11) is 3.47. The van der Waals surface area contributed by atoms with Crippen LogP contribution in [-0.4, -0.2) is 32.6 Å². The summed E-state index contributed by atoms with van der Waals surface area (Å²) in [6.07, 6.45) is 1.84. The summed E-state index contributed by atoms with van der Waals surface area (Å²) in [5.41, 5.74) is 3.30. The van der Waals surface area contributed by atoms with Crippen LogP contribution >= 0.6 is 0 Å². The number of anilines is 1. The lowest BCUT2D eigenvalue weighted by molar-refractivity contribution is -0.119. The number of ether oxygens (including phenoxy) is 1. The van der Waals surface area contributed by atoms with Crippen LogP contribution in [0, 0.1) is 6.92 Å². The van der Waals surface area contributed by atoms with Gasteiger partial charge in [-0.2, -0.15) is 10.2 Å². The first-order chi connectivity index (χ1) is 11.0. The van der Waals surface area contributed by atoms with Crippen molar-refractivity contribution in [2.75, 3.05) is 12.4 Å². The van der Waals surface area contributed by atoms with E-state index in [0.29, 0.717) is 0 Å². The average molecular weight is 313 g/mol. The highest BCUT2D eigenvalue weighted by Crippen LogP contribution is 2.20. The molecule has 7 heteroatoms. The van der Waals surface area contributed by atoms with Crippen LogP contribution < -0.4 is 10.1 Å². The summed E-state index contributed by atoms with van der Waals surface area (Å²) >= 11 is 0. The number of hydrogen-bond acceptors (Lipinski definition) is 4. The van der Waals surface area contributed by atoms with Crippen LogP contribution in [-0.2, 0) is 11.8 Å². The van der Waals surface area contributed by atoms with Crippen molar-refractivity contribution in [3.63, 3.8) is 0 Å². The molecule has 2 heterocycles. The van der Waals surface area contributed by atoms with Crippen LogP contribution in [0.15, 0.2) is 30.5 Å². The number of benzene rings is 1. The van der Waals surface area contributed by atoms with E-state index in [1.165, 1.54) is 0 Å². The predicted octanol–water partition coefficient (Wildman–Crippen LogP) is 2.29. The molecule has 3 aromatic rings. The second-order valence-electron chi connectivity index (χ2n) is 5.45. The van der Waals surface area contributed by atoms with Gasteiger partial charge in [-0.3, -0.25) is 14.2 Å². The molecule has 3 rings (SSSR count). The van der Waals surface area contributed by atoms with Crippen molar-refractivity contribution in [2.45, 2.75) is 19.9 Å². The minimum atomic E-state index is -0.427. The van der Waals surface area contributed by atoms with Crippen molar-refractivity contribution in [3.05, 3.63) is 36.2 Å². The number of rotatable bonds is 4. The lowest BCUT2D eigenvalue weighted by atomic mass is 10.2. The lowest BCUT2D eigenvalue weighted by Crippen LogP contribution is -2.24. The Bertz CT molecular complexity index is 813. The summed E-state index contributed by atoms with van der Waals surface area (Å²) in [5.74, 6) is 0.617. The number of aryl methyl sites for hydroxylation is 2. The Hall–Kier alpha value is -2.83. The second kappa shape index (κ2) is 5.75. The molecule has 0 spiro atoms. The Labute approximate surface area is 133 Å². The van der Waals surface area contributed by atoms with E-state index >= 15 is 0 Å². The fourth-order valence-electron chi connectivity index (χ4n) is 2.44. The third kappa shape index (κ3) is 2.77. The van der Waals surface area contributed by atoms with Gasteiger partial charge in [-0.05, 0) is 38.1 Å². The Balaban J connectivity index is 1.78. The highest BCUT2D eigenvalue weighted by atomic mass is 16.5. The highest BCUT2D eigenvalue weighted by Gasteiger charge is 2.19. The van der Waals surface area contributed by atoms with Crippen molar-refractivity contribution in [1.29, 1.82) is 0 Å². The van der Waals surface area contributed by atoms with Crippen molar-refractivity contribution in [1.82, 2.24) is 19.6 Å². The van der Waals surface area contributed by atoms with Crippen LogP contribution in [0.3, 0.4) is 0 Å². The molecular weight excluding hydrogens is 294 g/mol. The van der Waals surface area contributed by atoms with E-state index in [0.717, 1.165) is 28.2 Å². The summed E-state index contributed by atoms with van der Waals surface area (Å²) in [6, 6.07) is 6.78. The zero-order valence-corrected chi connectivity index (χ0v) is 13.6. The van der Waals surface area contributed by atoms with Crippen LogP contribution in [0.1, 0.15) is 18.7 Å². The maximum absolute atomic E-state index is 12.4. The first-order valence-electron chi connectivity index (χ1n) is 7.33. The number of nitrogens with zero attached hydrogens (tertiary/aromatic N) is 4. The van der Waals surface area contributed by atoms with Crippen LogP contribution in [0.4, 0.5) is 5.69 Å². The minimum absolute atomic E-state index is 0.131. The molecule has 23 heavy (non-hydrogen) atoms. The van der Waals surface area contributed by atoms with Crippen LogP contribution in [0.2, 0.25) is 0 Å². The first-order valence-corrected chi connectivity index (χ1v) is 7.33. The van der Waals surface area contributed by atoms with E-state index in [9.17, 15) is 4.79 Å². The maximum atomic E-state index is 12.4. The predicted molar refractivity (Wildman–Crippen MR) is 87.6 cm³/mol. The lowest BCUT2D eigenvalue weighted by Gasteiger charge is -2.13. The fourth-order valence-corrected chi connectivity index (χ4v) is 2.44. The van der Waals surface area contributed by atoms with Gasteiger partial charge in [0.05, 0.1) is 19.0 Å². The van der Waals surface area contributed by atoms with E-state index in [-0.39, 0.29) is 5.91 Å². The number of amides is 1. The van der Waals surface area contributed by atoms with Gasteiger partial charge in [-0.1, -0.05) is 0 Å². The molecule has 0 aliphatic heterocycles. The number of nitrogens with one attached hydrogen (secondary N) is 1. The zero-order valence-electron chi connectivity index (χ0n) is 13.6. The number of aromatic nitrogens is 4. The molecule has 2 aromatic heterocycles. The van der Waals surface area contributed by atoms with Crippen molar-refractivity contribution >= 4 is 22.6 Å². The van der Waals surface area contributed by atoms with Crippen molar-refractivity contribution in [3.8, 4) is 5.75 Å². The Kier molecular flexibility index (Phi) is 3.77. The van der Waals surface area contributed by atoms with Crippen LogP contribution in [0.25, 0.3) is 11.0 Å². The Morgan fingerprint density at radius 3 is 2.57 bits per heavy atom. The van der Waals surface area contributed by atoms with Gasteiger partial charge >= 0.3 is 0 Å². The van der Waals surface area contributed by atoms with Crippen LogP contribution in [0.5, 0.6) is 5.75 Å². The number of hydrogen-bond donors (Lipinski definition) is 1. The molecule has 1 N–H and O–H groups in total. The topological polar surface area (TPSA) is 74.0 Å². The molecule has 0 bridgehead atoms. The smallest absolute Gasteiger partial charge is 0.248 e. The molecule has 0 radical (unpaired) electrons. The van der Waals surface area contributed by atoms with E-state index in [1.54, 1.807) is 40.7 Å². The van der Waals surface area contributed by atoms with E-state index in [2.05, 4.69) is 15.5 Å². The molecule has 0 aliphatic carbocycles. The standard InChI is InChI=1S/C16H19N5O2/c1-10-15-14(20(3)18-10)9-21(19-15)11(2)16(22)17-12-5-7-13(23-4)8-6-12/h5-9,11H,1-4H3,(H,17,22)/t11-/m0/s1. The molecule has 1 aromatic carbocycles. The van der Waals surface area contributed by atoms with Crippen molar-refractivity contribution < 1.29 is 9.53 Å².